The van der Waals surface area contributed by atoms with E-state index in [0.717, 1.165) is 0 Å². The lowest BCUT2D eigenvalue weighted by atomic mass is 9.86. The van der Waals surface area contributed by atoms with Gasteiger partial charge in [0.2, 0.25) is 10.0 Å². The summed E-state index contributed by atoms with van der Waals surface area (Å²) in [6.07, 6.45) is 1.10. The van der Waals surface area contributed by atoms with Crippen LogP contribution in [-0.4, -0.2) is 29.9 Å². The molecule has 0 aromatic carbocycles. The van der Waals surface area contributed by atoms with Gasteiger partial charge in [-0.3, -0.25) is 0 Å². The number of nitrogens with zero attached hydrogens (tertiary/aromatic N) is 1. The van der Waals surface area contributed by atoms with Crippen molar-refractivity contribution in [3.63, 3.8) is 0 Å². The summed E-state index contributed by atoms with van der Waals surface area (Å²) in [7, 11) is -3.37. The molecule has 0 aliphatic heterocycles. The highest BCUT2D eigenvalue weighted by Crippen LogP contribution is 2.31. The maximum absolute atomic E-state index is 12.0. The van der Waals surface area contributed by atoms with Crippen molar-refractivity contribution in [2.75, 3.05) is 0 Å². The SMILES string of the molecule is CC(C)(C)NS(=O)(=O)C1CCC(O)(C#N)CC1. The minimum absolute atomic E-state index is 0.221. The number of rotatable bonds is 2. The summed E-state index contributed by atoms with van der Waals surface area (Å²) in [4.78, 5) is 0. The van der Waals surface area contributed by atoms with Gasteiger partial charge in [0, 0.05) is 5.54 Å². The van der Waals surface area contributed by atoms with E-state index in [1.165, 1.54) is 0 Å². The van der Waals surface area contributed by atoms with Crippen molar-refractivity contribution in [1.29, 1.82) is 5.26 Å². The maximum atomic E-state index is 12.0. The van der Waals surface area contributed by atoms with Crippen molar-refractivity contribution < 1.29 is 13.5 Å². The average molecular weight is 260 g/mol. The smallest absolute Gasteiger partial charge is 0.214 e. The van der Waals surface area contributed by atoms with Crippen LogP contribution in [-0.2, 0) is 10.0 Å². The minimum Gasteiger partial charge on any atom is -0.375 e. The van der Waals surface area contributed by atoms with Crippen molar-refractivity contribution >= 4 is 10.0 Å². The summed E-state index contributed by atoms with van der Waals surface area (Å²) in [6.45, 7) is 5.37. The number of aliphatic hydroxyl groups is 1. The van der Waals surface area contributed by atoms with E-state index in [-0.39, 0.29) is 12.8 Å². The van der Waals surface area contributed by atoms with Gasteiger partial charge in [-0.1, -0.05) is 0 Å². The van der Waals surface area contributed by atoms with Gasteiger partial charge in [-0.25, -0.2) is 13.1 Å². The summed E-state index contributed by atoms with van der Waals surface area (Å²) in [6, 6.07) is 1.84. The van der Waals surface area contributed by atoms with Gasteiger partial charge in [-0.15, -0.1) is 0 Å². The zero-order valence-corrected chi connectivity index (χ0v) is 11.3. The highest BCUT2D eigenvalue weighted by atomic mass is 32.2. The summed E-state index contributed by atoms with van der Waals surface area (Å²) in [5.74, 6) is 0. The fourth-order valence-corrected chi connectivity index (χ4v) is 3.88. The molecular formula is C11H20N2O3S. The van der Waals surface area contributed by atoms with Crippen LogP contribution in [0.4, 0.5) is 0 Å². The lowest BCUT2D eigenvalue weighted by Crippen LogP contribution is -2.48. The quantitative estimate of drug-likeness (QED) is 0.722. The van der Waals surface area contributed by atoms with Gasteiger partial charge in [0.15, 0.2) is 5.60 Å². The van der Waals surface area contributed by atoms with E-state index >= 15 is 0 Å². The first kappa shape index (κ1) is 14.4. The van der Waals surface area contributed by atoms with Gasteiger partial charge in [0.1, 0.15) is 0 Å². The predicted molar refractivity (Wildman–Crippen MR) is 64.6 cm³/mol. The third-order valence-electron chi connectivity index (χ3n) is 2.86. The molecule has 0 amide bonds. The van der Waals surface area contributed by atoms with E-state index in [9.17, 15) is 13.5 Å². The highest BCUT2D eigenvalue weighted by molar-refractivity contribution is 7.90. The van der Waals surface area contributed by atoms with Gasteiger partial charge in [0.05, 0.1) is 11.3 Å². The van der Waals surface area contributed by atoms with E-state index < -0.39 is 26.4 Å². The molecule has 5 nitrogen and oxygen atoms in total. The Morgan fingerprint density at radius 2 is 1.82 bits per heavy atom. The molecule has 2 N–H and O–H groups in total. The van der Waals surface area contributed by atoms with Crippen LogP contribution in [0.3, 0.4) is 0 Å². The Morgan fingerprint density at radius 1 is 1.35 bits per heavy atom. The van der Waals surface area contributed by atoms with Crippen LogP contribution in [0.15, 0.2) is 0 Å². The third kappa shape index (κ3) is 3.95. The first-order valence-corrected chi connectivity index (χ1v) is 7.29. The first-order chi connectivity index (χ1) is 7.58. The van der Waals surface area contributed by atoms with Gasteiger partial charge in [0.25, 0.3) is 0 Å². The highest BCUT2D eigenvalue weighted by Gasteiger charge is 2.39. The van der Waals surface area contributed by atoms with E-state index in [1.807, 2.05) is 6.07 Å². The molecule has 1 fully saturated rings. The zero-order chi connectivity index (χ0) is 13.3. The van der Waals surface area contributed by atoms with Crippen LogP contribution in [0, 0.1) is 11.3 Å². The fourth-order valence-electron chi connectivity index (χ4n) is 2.00. The van der Waals surface area contributed by atoms with E-state index in [0.29, 0.717) is 12.8 Å². The van der Waals surface area contributed by atoms with Crippen molar-refractivity contribution in [3.05, 3.63) is 0 Å². The molecule has 0 spiro atoms. The molecule has 1 aliphatic carbocycles. The lowest BCUT2D eigenvalue weighted by Gasteiger charge is -2.32. The molecule has 0 aromatic heterocycles. The predicted octanol–water partition coefficient (Wildman–Crippen LogP) is 0.902. The van der Waals surface area contributed by atoms with Crippen LogP contribution in [0.2, 0.25) is 0 Å². The van der Waals surface area contributed by atoms with Gasteiger partial charge in [-0.2, -0.15) is 5.26 Å². The molecule has 0 aromatic rings. The van der Waals surface area contributed by atoms with Gasteiger partial charge < -0.3 is 5.11 Å². The summed E-state index contributed by atoms with van der Waals surface area (Å²) >= 11 is 0. The monoisotopic (exact) mass is 260 g/mol. The number of sulfonamides is 1. The Kier molecular flexibility index (Phi) is 3.87. The van der Waals surface area contributed by atoms with Gasteiger partial charge in [-0.05, 0) is 46.5 Å². The lowest BCUT2D eigenvalue weighted by molar-refractivity contribution is 0.0597. The Morgan fingerprint density at radius 3 is 2.18 bits per heavy atom. The molecule has 1 saturated carbocycles. The number of hydrogen-bond acceptors (Lipinski definition) is 4. The molecule has 0 radical (unpaired) electrons. The van der Waals surface area contributed by atoms with Gasteiger partial charge >= 0.3 is 0 Å². The van der Waals surface area contributed by atoms with Crippen LogP contribution >= 0.6 is 0 Å². The second kappa shape index (κ2) is 4.56. The average Bonchev–Trinajstić information content (AvgIpc) is 2.15. The maximum Gasteiger partial charge on any atom is 0.214 e. The van der Waals surface area contributed by atoms with Crippen molar-refractivity contribution in [3.8, 4) is 6.07 Å². The van der Waals surface area contributed by atoms with Crippen molar-refractivity contribution in [2.24, 2.45) is 0 Å². The Labute approximate surface area is 103 Å². The minimum atomic E-state index is -3.37. The number of nitriles is 1. The molecule has 6 heteroatoms. The molecule has 1 rings (SSSR count). The number of nitrogens with one attached hydrogen (secondary N) is 1. The second-order valence-electron chi connectivity index (χ2n) is 5.74. The first-order valence-electron chi connectivity index (χ1n) is 5.74. The third-order valence-corrected chi connectivity index (χ3v) is 5.10. The molecule has 0 unspecified atom stereocenters. The van der Waals surface area contributed by atoms with E-state index in [1.54, 1.807) is 20.8 Å². The second-order valence-corrected chi connectivity index (χ2v) is 7.70. The topological polar surface area (TPSA) is 90.2 Å². The standard InChI is InChI=1S/C11H20N2O3S/c1-10(2,3)13-17(15,16)9-4-6-11(14,8-12)7-5-9/h9,13-14H,4-7H2,1-3H3. The Bertz CT molecular complexity index is 409. The normalized spacial score (nSPS) is 30.9. The molecule has 0 atom stereocenters. The summed E-state index contributed by atoms with van der Waals surface area (Å²) in [5.41, 5.74) is -1.84. The molecule has 0 saturated heterocycles. The molecule has 0 heterocycles. The Hall–Kier alpha value is -0.640. The van der Waals surface area contributed by atoms with Crippen molar-refractivity contribution in [2.45, 2.75) is 62.8 Å². The molecule has 17 heavy (non-hydrogen) atoms. The van der Waals surface area contributed by atoms with Crippen molar-refractivity contribution in [1.82, 2.24) is 4.72 Å². The van der Waals surface area contributed by atoms with E-state index in [4.69, 9.17) is 5.26 Å². The fraction of sp³-hybridized carbons (Fsp3) is 0.909. The Balaban J connectivity index is 2.70. The zero-order valence-electron chi connectivity index (χ0n) is 10.5. The largest absolute Gasteiger partial charge is 0.375 e. The van der Waals surface area contributed by atoms with E-state index in [2.05, 4.69) is 4.72 Å². The van der Waals surface area contributed by atoms with Crippen LogP contribution < -0.4 is 4.72 Å². The molecule has 0 bridgehead atoms. The molecule has 98 valence electrons. The molecule has 1 aliphatic rings. The number of hydrogen-bond donors (Lipinski definition) is 2. The summed E-state index contributed by atoms with van der Waals surface area (Å²) in [5, 5.41) is 18.0. The van der Waals surface area contributed by atoms with Crippen LogP contribution in [0.1, 0.15) is 46.5 Å². The summed E-state index contributed by atoms with van der Waals surface area (Å²) < 4.78 is 26.7. The van der Waals surface area contributed by atoms with Crippen LogP contribution in [0.5, 0.6) is 0 Å². The molecular weight excluding hydrogens is 240 g/mol. The van der Waals surface area contributed by atoms with Crippen LogP contribution in [0.25, 0.3) is 0 Å².